The highest BCUT2D eigenvalue weighted by atomic mass is 16.4. The molecule has 0 spiro atoms. The van der Waals surface area contributed by atoms with E-state index in [2.05, 4.69) is 12.2 Å². The maximum atomic E-state index is 12.1. The SMILES string of the molecule is CCc1ccc(C(=O)/C=C\N[C@H](Cc2ccccc2)C(=O)O)cc1. The summed E-state index contributed by atoms with van der Waals surface area (Å²) in [5.41, 5.74) is 2.68. The zero-order valence-electron chi connectivity index (χ0n) is 13.6. The average molecular weight is 323 g/mol. The summed E-state index contributed by atoms with van der Waals surface area (Å²) in [6, 6.07) is 16.0. The summed E-state index contributed by atoms with van der Waals surface area (Å²) in [7, 11) is 0. The Labute approximate surface area is 141 Å². The van der Waals surface area contributed by atoms with Crippen LogP contribution in [0.1, 0.15) is 28.4 Å². The van der Waals surface area contributed by atoms with E-state index in [1.165, 1.54) is 17.8 Å². The minimum atomic E-state index is -0.955. The lowest BCUT2D eigenvalue weighted by atomic mass is 10.1. The number of carboxylic acid groups (broad SMARTS) is 1. The lowest BCUT2D eigenvalue weighted by Crippen LogP contribution is -2.35. The van der Waals surface area contributed by atoms with E-state index < -0.39 is 12.0 Å². The molecule has 0 aliphatic heterocycles. The third-order valence-corrected chi connectivity index (χ3v) is 3.76. The number of hydrogen-bond acceptors (Lipinski definition) is 3. The lowest BCUT2D eigenvalue weighted by Gasteiger charge is -2.12. The number of nitrogens with one attached hydrogen (secondary N) is 1. The van der Waals surface area contributed by atoms with Gasteiger partial charge in [-0.2, -0.15) is 0 Å². The van der Waals surface area contributed by atoms with Gasteiger partial charge in [0.25, 0.3) is 0 Å². The molecule has 0 radical (unpaired) electrons. The fourth-order valence-corrected chi connectivity index (χ4v) is 2.31. The molecule has 2 N–H and O–H groups in total. The van der Waals surface area contributed by atoms with Crippen molar-refractivity contribution in [2.75, 3.05) is 0 Å². The number of carboxylic acids is 1. The first-order valence-corrected chi connectivity index (χ1v) is 7.92. The number of carbonyl (C=O) groups excluding carboxylic acids is 1. The van der Waals surface area contributed by atoms with E-state index in [9.17, 15) is 14.7 Å². The monoisotopic (exact) mass is 323 g/mol. The largest absolute Gasteiger partial charge is 0.480 e. The Morgan fingerprint density at radius 2 is 1.71 bits per heavy atom. The molecule has 0 amide bonds. The van der Waals surface area contributed by atoms with Crippen molar-refractivity contribution in [3.8, 4) is 0 Å². The third kappa shape index (κ3) is 5.09. The minimum absolute atomic E-state index is 0.158. The summed E-state index contributed by atoms with van der Waals surface area (Å²) in [4.78, 5) is 23.4. The molecule has 0 saturated heterocycles. The van der Waals surface area contributed by atoms with Crippen molar-refractivity contribution in [3.05, 3.63) is 83.6 Å². The molecule has 0 saturated carbocycles. The number of hydrogen-bond donors (Lipinski definition) is 2. The van der Waals surface area contributed by atoms with Crippen molar-refractivity contribution in [2.24, 2.45) is 0 Å². The number of allylic oxidation sites excluding steroid dienone is 1. The standard InChI is InChI=1S/C20H21NO3/c1-2-15-8-10-17(11-9-15)19(22)12-13-21-18(20(23)24)14-16-6-4-3-5-7-16/h3-13,18,21H,2,14H2,1H3,(H,23,24)/b13-12-/t18-/m1/s1. The molecule has 1 atom stereocenters. The summed E-state index contributed by atoms with van der Waals surface area (Å²) in [6.45, 7) is 2.05. The number of ketones is 1. The summed E-state index contributed by atoms with van der Waals surface area (Å²) in [6.07, 6.45) is 4.05. The van der Waals surface area contributed by atoms with Gasteiger partial charge in [-0.1, -0.05) is 61.5 Å². The van der Waals surface area contributed by atoms with E-state index in [0.717, 1.165) is 12.0 Å². The molecule has 4 heteroatoms. The van der Waals surface area contributed by atoms with Gasteiger partial charge < -0.3 is 10.4 Å². The van der Waals surface area contributed by atoms with Crippen LogP contribution in [0.2, 0.25) is 0 Å². The van der Waals surface area contributed by atoms with Crippen LogP contribution in [0.3, 0.4) is 0 Å². The third-order valence-electron chi connectivity index (χ3n) is 3.76. The van der Waals surface area contributed by atoms with Crippen molar-refractivity contribution in [1.82, 2.24) is 5.32 Å². The van der Waals surface area contributed by atoms with Crippen LogP contribution >= 0.6 is 0 Å². The first-order chi connectivity index (χ1) is 11.6. The Bertz CT molecular complexity index is 705. The van der Waals surface area contributed by atoms with Crippen molar-refractivity contribution in [3.63, 3.8) is 0 Å². The van der Waals surface area contributed by atoms with Gasteiger partial charge in [0, 0.05) is 24.3 Å². The van der Waals surface area contributed by atoms with Gasteiger partial charge in [-0.05, 0) is 17.5 Å². The molecule has 0 aromatic heterocycles. The average Bonchev–Trinajstić information content (AvgIpc) is 2.61. The number of aliphatic carboxylic acids is 1. The fraction of sp³-hybridized carbons (Fsp3) is 0.200. The van der Waals surface area contributed by atoms with Gasteiger partial charge in [0.1, 0.15) is 6.04 Å². The Morgan fingerprint density at radius 1 is 1.04 bits per heavy atom. The van der Waals surface area contributed by atoms with Gasteiger partial charge in [-0.25, -0.2) is 4.79 Å². The van der Waals surface area contributed by atoms with Crippen LogP contribution in [0.15, 0.2) is 66.9 Å². The summed E-state index contributed by atoms with van der Waals surface area (Å²) in [5.74, 6) is -1.11. The van der Waals surface area contributed by atoms with Gasteiger partial charge in [-0.3, -0.25) is 4.79 Å². The molecule has 2 aromatic carbocycles. The first kappa shape index (κ1) is 17.5. The van der Waals surface area contributed by atoms with E-state index >= 15 is 0 Å². The van der Waals surface area contributed by atoms with Crippen LogP contribution in [0.25, 0.3) is 0 Å². The molecule has 0 unspecified atom stereocenters. The molecule has 124 valence electrons. The van der Waals surface area contributed by atoms with Gasteiger partial charge in [0.05, 0.1) is 0 Å². The van der Waals surface area contributed by atoms with E-state index in [4.69, 9.17) is 0 Å². The highest BCUT2D eigenvalue weighted by molar-refractivity contribution is 6.04. The number of rotatable bonds is 8. The van der Waals surface area contributed by atoms with Crippen LogP contribution in [0.5, 0.6) is 0 Å². The molecular weight excluding hydrogens is 302 g/mol. The van der Waals surface area contributed by atoms with E-state index in [1.807, 2.05) is 42.5 Å². The van der Waals surface area contributed by atoms with Crippen LogP contribution in [-0.4, -0.2) is 22.9 Å². The summed E-state index contributed by atoms with van der Waals surface area (Å²) < 4.78 is 0. The molecule has 2 aromatic rings. The zero-order chi connectivity index (χ0) is 17.4. The van der Waals surface area contributed by atoms with Crippen molar-refractivity contribution in [1.29, 1.82) is 0 Å². The zero-order valence-corrected chi connectivity index (χ0v) is 13.6. The summed E-state index contributed by atoms with van der Waals surface area (Å²) in [5, 5.41) is 12.1. The van der Waals surface area contributed by atoms with E-state index in [0.29, 0.717) is 12.0 Å². The molecule has 0 heterocycles. The Hall–Kier alpha value is -2.88. The number of benzene rings is 2. The quantitative estimate of drug-likeness (QED) is 0.578. The molecule has 0 aliphatic carbocycles. The second kappa shape index (κ2) is 8.67. The smallest absolute Gasteiger partial charge is 0.326 e. The summed E-state index contributed by atoms with van der Waals surface area (Å²) >= 11 is 0. The fourth-order valence-electron chi connectivity index (χ4n) is 2.31. The van der Waals surface area contributed by atoms with Crippen LogP contribution in [0.4, 0.5) is 0 Å². The Balaban J connectivity index is 1.96. The maximum Gasteiger partial charge on any atom is 0.326 e. The first-order valence-electron chi connectivity index (χ1n) is 7.92. The number of carbonyl (C=O) groups is 2. The lowest BCUT2D eigenvalue weighted by molar-refractivity contribution is -0.139. The predicted molar refractivity (Wildman–Crippen MR) is 94.0 cm³/mol. The minimum Gasteiger partial charge on any atom is -0.480 e. The molecule has 0 bridgehead atoms. The van der Waals surface area contributed by atoms with Crippen LogP contribution in [0, 0.1) is 0 Å². The second-order valence-corrected chi connectivity index (χ2v) is 5.50. The van der Waals surface area contributed by atoms with Crippen LogP contribution < -0.4 is 5.32 Å². The molecule has 0 aliphatic rings. The highest BCUT2D eigenvalue weighted by Crippen LogP contribution is 2.07. The Kier molecular flexibility index (Phi) is 6.32. The highest BCUT2D eigenvalue weighted by Gasteiger charge is 2.15. The second-order valence-electron chi connectivity index (χ2n) is 5.50. The van der Waals surface area contributed by atoms with E-state index in [1.54, 1.807) is 12.1 Å². The van der Waals surface area contributed by atoms with Gasteiger partial charge in [0.15, 0.2) is 5.78 Å². The van der Waals surface area contributed by atoms with Crippen molar-refractivity contribution >= 4 is 11.8 Å². The van der Waals surface area contributed by atoms with Crippen molar-refractivity contribution < 1.29 is 14.7 Å². The molecule has 4 nitrogen and oxygen atoms in total. The van der Waals surface area contributed by atoms with Crippen LogP contribution in [-0.2, 0) is 17.6 Å². The maximum absolute atomic E-state index is 12.1. The van der Waals surface area contributed by atoms with Gasteiger partial charge >= 0.3 is 5.97 Å². The molecular formula is C20H21NO3. The predicted octanol–water partition coefficient (Wildman–Crippen LogP) is 3.23. The molecule has 24 heavy (non-hydrogen) atoms. The number of aryl methyl sites for hydroxylation is 1. The van der Waals surface area contributed by atoms with Gasteiger partial charge in [-0.15, -0.1) is 0 Å². The molecule has 0 fully saturated rings. The normalized spacial score (nSPS) is 12.0. The van der Waals surface area contributed by atoms with E-state index in [-0.39, 0.29) is 5.78 Å². The topological polar surface area (TPSA) is 66.4 Å². The van der Waals surface area contributed by atoms with Gasteiger partial charge in [0.2, 0.25) is 0 Å². The Morgan fingerprint density at radius 3 is 2.29 bits per heavy atom. The molecule has 2 rings (SSSR count). The van der Waals surface area contributed by atoms with Crippen molar-refractivity contribution in [2.45, 2.75) is 25.8 Å².